The SMILES string of the molecule is Cc1cccc(C)c1Nc1c(-c2cccc([N+](=O)[O-])c2)nc2cc(C(=O)NC3CCC(N)CC3)ccn12. The molecule has 0 aliphatic heterocycles. The van der Waals surface area contributed by atoms with Crippen LogP contribution < -0.4 is 16.4 Å². The molecule has 1 aliphatic carbocycles. The highest BCUT2D eigenvalue weighted by atomic mass is 16.6. The molecule has 1 amide bonds. The topological polar surface area (TPSA) is 128 Å². The van der Waals surface area contributed by atoms with Crippen molar-refractivity contribution >= 4 is 28.7 Å². The lowest BCUT2D eigenvalue weighted by Gasteiger charge is -2.26. The molecular weight excluding hydrogens is 468 g/mol. The van der Waals surface area contributed by atoms with Gasteiger partial charge in [0.25, 0.3) is 11.6 Å². The smallest absolute Gasteiger partial charge is 0.270 e. The van der Waals surface area contributed by atoms with Crippen molar-refractivity contribution in [3.63, 3.8) is 0 Å². The van der Waals surface area contributed by atoms with Gasteiger partial charge in [0.2, 0.25) is 0 Å². The molecule has 4 N–H and O–H groups in total. The van der Waals surface area contributed by atoms with Gasteiger partial charge >= 0.3 is 0 Å². The summed E-state index contributed by atoms with van der Waals surface area (Å²) in [5.41, 5.74) is 11.3. The highest BCUT2D eigenvalue weighted by Gasteiger charge is 2.22. The largest absolute Gasteiger partial charge is 0.349 e. The number of hydrogen-bond acceptors (Lipinski definition) is 6. The Bertz CT molecular complexity index is 1470. The van der Waals surface area contributed by atoms with Crippen LogP contribution in [-0.4, -0.2) is 32.3 Å². The van der Waals surface area contributed by atoms with Crippen molar-refractivity contribution < 1.29 is 9.72 Å². The van der Waals surface area contributed by atoms with Gasteiger partial charge in [0.05, 0.1) is 4.92 Å². The van der Waals surface area contributed by atoms with E-state index in [4.69, 9.17) is 10.7 Å². The molecule has 0 spiro atoms. The van der Waals surface area contributed by atoms with Gasteiger partial charge in [-0.25, -0.2) is 4.98 Å². The van der Waals surface area contributed by atoms with Crippen molar-refractivity contribution in [2.45, 2.75) is 51.6 Å². The number of para-hydroxylation sites is 1. The number of nitrogens with one attached hydrogen (secondary N) is 2. The van der Waals surface area contributed by atoms with E-state index in [0.717, 1.165) is 42.5 Å². The molecule has 0 saturated heterocycles. The van der Waals surface area contributed by atoms with Crippen LogP contribution in [0.15, 0.2) is 60.8 Å². The number of non-ortho nitro benzene ring substituents is 1. The maximum absolute atomic E-state index is 13.0. The second-order valence-corrected chi connectivity index (χ2v) is 9.74. The summed E-state index contributed by atoms with van der Waals surface area (Å²) in [5.74, 6) is 0.522. The molecule has 190 valence electrons. The quantitative estimate of drug-likeness (QED) is 0.245. The highest BCUT2D eigenvalue weighted by molar-refractivity contribution is 5.95. The minimum Gasteiger partial charge on any atom is -0.349 e. The summed E-state index contributed by atoms with van der Waals surface area (Å²) in [6.45, 7) is 4.04. The Labute approximate surface area is 214 Å². The third kappa shape index (κ3) is 5.03. The summed E-state index contributed by atoms with van der Waals surface area (Å²) >= 11 is 0. The van der Waals surface area contributed by atoms with Gasteiger partial charge in [0.1, 0.15) is 17.2 Å². The van der Waals surface area contributed by atoms with Crippen LogP contribution in [0.4, 0.5) is 17.2 Å². The Morgan fingerprint density at radius 1 is 1.05 bits per heavy atom. The number of imidazole rings is 1. The Hall–Kier alpha value is -4.24. The zero-order valence-electron chi connectivity index (χ0n) is 20.9. The van der Waals surface area contributed by atoms with Crippen LogP contribution in [0.1, 0.15) is 47.2 Å². The number of hydrogen-bond donors (Lipinski definition) is 3. The average Bonchev–Trinajstić information content (AvgIpc) is 3.25. The van der Waals surface area contributed by atoms with E-state index in [-0.39, 0.29) is 23.7 Å². The minimum absolute atomic E-state index is 0.0140. The number of anilines is 2. The standard InChI is InChI=1S/C28H30N6O3/c1-17-5-3-6-18(2)25(17)32-27-26(19-7-4-8-23(15-19)34(36)37)31-24-16-20(13-14-33(24)27)28(35)30-22-11-9-21(29)10-12-22/h3-8,13-16,21-22,32H,9-12,29H2,1-2H3,(H,30,35). The first-order valence-corrected chi connectivity index (χ1v) is 12.5. The molecule has 2 aromatic carbocycles. The van der Waals surface area contributed by atoms with Crippen LogP contribution in [0.3, 0.4) is 0 Å². The normalized spacial score (nSPS) is 17.5. The number of amides is 1. The highest BCUT2D eigenvalue weighted by Crippen LogP contribution is 2.35. The molecule has 0 atom stereocenters. The summed E-state index contributed by atoms with van der Waals surface area (Å²) in [4.78, 5) is 28.9. The van der Waals surface area contributed by atoms with Gasteiger partial charge in [-0.15, -0.1) is 0 Å². The van der Waals surface area contributed by atoms with Crippen LogP contribution in [0, 0.1) is 24.0 Å². The third-order valence-corrected chi connectivity index (χ3v) is 7.05. The van der Waals surface area contributed by atoms with Crippen LogP contribution in [0.5, 0.6) is 0 Å². The number of rotatable bonds is 6. The van der Waals surface area contributed by atoms with Crippen molar-refractivity contribution in [3.05, 3.63) is 87.6 Å². The van der Waals surface area contributed by atoms with Gasteiger partial charge in [-0.1, -0.05) is 30.3 Å². The fourth-order valence-corrected chi connectivity index (χ4v) is 4.94. The maximum atomic E-state index is 13.0. The predicted octanol–water partition coefficient (Wildman–Crippen LogP) is 5.27. The van der Waals surface area contributed by atoms with E-state index >= 15 is 0 Å². The van der Waals surface area contributed by atoms with E-state index in [9.17, 15) is 14.9 Å². The third-order valence-electron chi connectivity index (χ3n) is 7.05. The molecule has 37 heavy (non-hydrogen) atoms. The second kappa shape index (κ2) is 10.0. The van der Waals surface area contributed by atoms with E-state index in [1.165, 1.54) is 12.1 Å². The molecule has 1 fully saturated rings. The lowest BCUT2D eigenvalue weighted by Crippen LogP contribution is -2.40. The maximum Gasteiger partial charge on any atom is 0.270 e. The molecule has 5 rings (SSSR count). The zero-order valence-corrected chi connectivity index (χ0v) is 20.9. The first kappa shape index (κ1) is 24.5. The Morgan fingerprint density at radius 3 is 2.46 bits per heavy atom. The van der Waals surface area contributed by atoms with E-state index in [1.54, 1.807) is 24.3 Å². The zero-order chi connectivity index (χ0) is 26.1. The summed E-state index contributed by atoms with van der Waals surface area (Å²) in [6, 6.07) is 16.3. The van der Waals surface area contributed by atoms with Crippen LogP contribution in [-0.2, 0) is 0 Å². The fourth-order valence-electron chi connectivity index (χ4n) is 4.94. The van der Waals surface area contributed by atoms with Crippen molar-refractivity contribution in [1.29, 1.82) is 0 Å². The lowest BCUT2D eigenvalue weighted by molar-refractivity contribution is -0.384. The number of nitro benzene ring substituents is 1. The first-order valence-electron chi connectivity index (χ1n) is 12.5. The van der Waals surface area contributed by atoms with Crippen molar-refractivity contribution in [2.24, 2.45) is 5.73 Å². The Kier molecular flexibility index (Phi) is 6.62. The molecular formula is C28H30N6O3. The molecule has 2 aromatic heterocycles. The molecule has 0 unspecified atom stereocenters. The number of aromatic nitrogens is 2. The van der Waals surface area contributed by atoms with Gasteiger partial charge in [0, 0.05) is 47.2 Å². The molecule has 9 heteroatoms. The van der Waals surface area contributed by atoms with Crippen LogP contribution in [0.2, 0.25) is 0 Å². The number of pyridine rings is 1. The lowest BCUT2D eigenvalue weighted by atomic mass is 9.91. The van der Waals surface area contributed by atoms with Crippen LogP contribution in [0.25, 0.3) is 16.9 Å². The van der Waals surface area contributed by atoms with Gasteiger partial charge in [0.15, 0.2) is 0 Å². The average molecular weight is 499 g/mol. The van der Waals surface area contributed by atoms with Crippen LogP contribution >= 0.6 is 0 Å². The van der Waals surface area contributed by atoms with Crippen molar-refractivity contribution in [2.75, 3.05) is 5.32 Å². The van der Waals surface area contributed by atoms with Gasteiger partial charge < -0.3 is 16.4 Å². The van der Waals surface area contributed by atoms with Gasteiger partial charge in [-0.2, -0.15) is 0 Å². The van der Waals surface area contributed by atoms with Crippen molar-refractivity contribution in [1.82, 2.24) is 14.7 Å². The number of nitro groups is 1. The predicted molar refractivity (Wildman–Crippen MR) is 144 cm³/mol. The molecule has 1 saturated carbocycles. The summed E-state index contributed by atoms with van der Waals surface area (Å²) in [7, 11) is 0. The summed E-state index contributed by atoms with van der Waals surface area (Å²) in [6.07, 6.45) is 5.37. The number of carbonyl (C=O) groups is 1. The Balaban J connectivity index is 1.56. The number of benzene rings is 2. The van der Waals surface area contributed by atoms with Gasteiger partial charge in [-0.05, 0) is 62.8 Å². The molecule has 0 radical (unpaired) electrons. The number of nitrogens with zero attached hydrogens (tertiary/aromatic N) is 3. The minimum atomic E-state index is -0.418. The molecule has 1 aliphatic rings. The van der Waals surface area contributed by atoms with Gasteiger partial charge in [-0.3, -0.25) is 19.3 Å². The number of carbonyl (C=O) groups excluding carboxylic acids is 1. The first-order chi connectivity index (χ1) is 17.8. The molecule has 9 nitrogen and oxygen atoms in total. The number of aryl methyl sites for hydroxylation is 2. The molecule has 2 heterocycles. The fraction of sp³-hybridized carbons (Fsp3) is 0.286. The number of nitrogens with two attached hydrogens (primary N) is 1. The molecule has 4 aromatic rings. The van der Waals surface area contributed by atoms with E-state index in [1.807, 2.05) is 42.6 Å². The van der Waals surface area contributed by atoms with E-state index in [2.05, 4.69) is 10.6 Å². The van der Waals surface area contributed by atoms with E-state index in [0.29, 0.717) is 28.3 Å². The summed E-state index contributed by atoms with van der Waals surface area (Å²) < 4.78 is 1.87. The Morgan fingerprint density at radius 2 is 1.76 bits per heavy atom. The monoisotopic (exact) mass is 498 g/mol. The summed E-state index contributed by atoms with van der Waals surface area (Å²) in [5, 5.41) is 18.1. The molecule has 0 bridgehead atoms. The number of fused-ring (bicyclic) bond motifs is 1. The van der Waals surface area contributed by atoms with Crippen molar-refractivity contribution in [3.8, 4) is 11.3 Å². The van der Waals surface area contributed by atoms with E-state index < -0.39 is 4.92 Å². The second-order valence-electron chi connectivity index (χ2n) is 9.74.